The topological polar surface area (TPSA) is 92.8 Å². The zero-order valence-corrected chi connectivity index (χ0v) is 21.9. The summed E-state index contributed by atoms with van der Waals surface area (Å²) in [5, 5.41) is 2.89. The Morgan fingerprint density at radius 2 is 1.74 bits per heavy atom. The van der Waals surface area contributed by atoms with Gasteiger partial charge in [0, 0.05) is 17.5 Å². The molecule has 1 N–H and O–H groups in total. The second kappa shape index (κ2) is 12.9. The lowest BCUT2D eigenvalue weighted by atomic mass is 10.0. The SMILES string of the molecule is COC(=O)C(NC(=O)CCCCC(C)N(c1cc(Cl)ccc1F)S(=O)(=O)c1ccccc1)C(C)C. The third-order valence-electron chi connectivity index (χ3n) is 5.56. The summed E-state index contributed by atoms with van der Waals surface area (Å²) in [5.41, 5.74) is -0.135. The van der Waals surface area contributed by atoms with Crippen molar-refractivity contribution in [3.8, 4) is 0 Å². The number of sulfonamides is 1. The van der Waals surface area contributed by atoms with Gasteiger partial charge in [0.15, 0.2) is 0 Å². The van der Waals surface area contributed by atoms with Crippen LogP contribution in [0.5, 0.6) is 0 Å². The Morgan fingerprint density at radius 1 is 1.09 bits per heavy atom. The molecule has 2 aromatic carbocycles. The molecule has 0 radical (unpaired) electrons. The van der Waals surface area contributed by atoms with E-state index in [1.165, 1.54) is 31.4 Å². The maximum absolute atomic E-state index is 14.7. The molecular formula is C25H32ClFN2O5S. The number of unbranched alkanes of at least 4 members (excludes halogenated alkanes) is 1. The number of carbonyl (C=O) groups is 2. The van der Waals surface area contributed by atoms with Gasteiger partial charge in [0.25, 0.3) is 10.0 Å². The fourth-order valence-corrected chi connectivity index (χ4v) is 5.55. The average molecular weight is 527 g/mol. The molecule has 1 amide bonds. The number of anilines is 1. The van der Waals surface area contributed by atoms with E-state index in [0.29, 0.717) is 19.3 Å². The summed E-state index contributed by atoms with van der Waals surface area (Å²) in [6, 6.07) is 10.2. The van der Waals surface area contributed by atoms with Gasteiger partial charge < -0.3 is 10.1 Å². The Kier molecular flexibility index (Phi) is 10.5. The minimum atomic E-state index is -4.08. The molecule has 0 heterocycles. The molecule has 2 aromatic rings. The van der Waals surface area contributed by atoms with Gasteiger partial charge in [0.05, 0.1) is 17.7 Å². The van der Waals surface area contributed by atoms with Crippen molar-refractivity contribution in [2.45, 2.75) is 63.4 Å². The Bertz CT molecular complexity index is 1110. The summed E-state index contributed by atoms with van der Waals surface area (Å²) in [6.45, 7) is 5.30. The molecule has 7 nitrogen and oxygen atoms in total. The first-order chi connectivity index (χ1) is 16.5. The maximum atomic E-state index is 14.7. The molecule has 2 rings (SSSR count). The lowest BCUT2D eigenvalue weighted by Crippen LogP contribution is -2.45. The van der Waals surface area contributed by atoms with Crippen LogP contribution in [0.25, 0.3) is 0 Å². The summed E-state index contributed by atoms with van der Waals surface area (Å²) in [7, 11) is -2.81. The Labute approximate surface area is 211 Å². The van der Waals surface area contributed by atoms with Crippen molar-refractivity contribution in [1.29, 1.82) is 0 Å². The highest BCUT2D eigenvalue weighted by Crippen LogP contribution is 2.32. The largest absolute Gasteiger partial charge is 0.467 e. The molecule has 0 bridgehead atoms. The molecular weight excluding hydrogens is 495 g/mol. The van der Waals surface area contributed by atoms with Gasteiger partial charge >= 0.3 is 5.97 Å². The number of hydrogen-bond acceptors (Lipinski definition) is 5. The summed E-state index contributed by atoms with van der Waals surface area (Å²) >= 11 is 6.05. The number of ether oxygens (including phenoxy) is 1. The molecule has 0 spiro atoms. The molecule has 0 aliphatic carbocycles. The van der Waals surface area contributed by atoms with Crippen molar-refractivity contribution in [3.05, 3.63) is 59.4 Å². The minimum Gasteiger partial charge on any atom is -0.467 e. The second-order valence-electron chi connectivity index (χ2n) is 8.62. The van der Waals surface area contributed by atoms with Crippen LogP contribution in [-0.4, -0.2) is 39.5 Å². The molecule has 0 fully saturated rings. The number of benzene rings is 2. The van der Waals surface area contributed by atoms with Gasteiger partial charge in [0.2, 0.25) is 5.91 Å². The van der Waals surface area contributed by atoms with Crippen LogP contribution in [-0.2, 0) is 24.3 Å². The van der Waals surface area contributed by atoms with E-state index in [1.807, 2.05) is 0 Å². The number of amides is 1. The normalized spacial score (nSPS) is 13.2. The van der Waals surface area contributed by atoms with Gasteiger partial charge in [-0.2, -0.15) is 0 Å². The van der Waals surface area contributed by atoms with Crippen molar-refractivity contribution in [3.63, 3.8) is 0 Å². The predicted molar refractivity (Wildman–Crippen MR) is 134 cm³/mol. The minimum absolute atomic E-state index is 0.0353. The van der Waals surface area contributed by atoms with Crippen molar-refractivity contribution in [2.24, 2.45) is 5.92 Å². The van der Waals surface area contributed by atoms with E-state index >= 15 is 0 Å². The number of halogens is 2. The molecule has 0 aliphatic rings. The van der Waals surface area contributed by atoms with Crippen molar-refractivity contribution in [2.75, 3.05) is 11.4 Å². The van der Waals surface area contributed by atoms with Gasteiger partial charge in [-0.25, -0.2) is 17.6 Å². The lowest BCUT2D eigenvalue weighted by molar-refractivity contribution is -0.146. The van der Waals surface area contributed by atoms with Gasteiger partial charge in [0.1, 0.15) is 11.9 Å². The van der Waals surface area contributed by atoms with Crippen LogP contribution in [0, 0.1) is 11.7 Å². The number of nitrogens with one attached hydrogen (secondary N) is 1. The van der Waals surface area contributed by atoms with E-state index in [-0.39, 0.29) is 33.9 Å². The monoisotopic (exact) mass is 526 g/mol. The van der Waals surface area contributed by atoms with E-state index < -0.39 is 33.9 Å². The van der Waals surface area contributed by atoms with Gasteiger partial charge in [-0.3, -0.25) is 9.10 Å². The van der Waals surface area contributed by atoms with E-state index in [1.54, 1.807) is 39.0 Å². The third-order valence-corrected chi connectivity index (χ3v) is 7.74. The summed E-state index contributed by atoms with van der Waals surface area (Å²) in [5.74, 6) is -1.64. The molecule has 35 heavy (non-hydrogen) atoms. The van der Waals surface area contributed by atoms with Gasteiger partial charge in [-0.15, -0.1) is 0 Å². The lowest BCUT2D eigenvalue weighted by Gasteiger charge is -2.31. The van der Waals surface area contributed by atoms with E-state index in [0.717, 1.165) is 10.4 Å². The van der Waals surface area contributed by atoms with Crippen LogP contribution in [0.4, 0.5) is 10.1 Å². The Hall–Kier alpha value is -2.65. The molecule has 0 saturated heterocycles. The number of carbonyl (C=O) groups excluding carboxylic acids is 2. The number of esters is 1. The van der Waals surface area contributed by atoms with Crippen LogP contribution in [0.3, 0.4) is 0 Å². The molecule has 0 saturated carbocycles. The van der Waals surface area contributed by atoms with Crippen molar-refractivity contribution >= 4 is 39.2 Å². The number of hydrogen-bond donors (Lipinski definition) is 1. The highest BCUT2D eigenvalue weighted by atomic mass is 35.5. The zero-order valence-electron chi connectivity index (χ0n) is 20.3. The predicted octanol–water partition coefficient (Wildman–Crippen LogP) is 4.94. The average Bonchev–Trinajstić information content (AvgIpc) is 2.82. The smallest absolute Gasteiger partial charge is 0.328 e. The van der Waals surface area contributed by atoms with Crippen molar-refractivity contribution in [1.82, 2.24) is 5.32 Å². The van der Waals surface area contributed by atoms with Crippen molar-refractivity contribution < 1.29 is 27.1 Å². The standard InChI is InChI=1S/C25H32ClFN2O5S/c1-17(2)24(25(31)34-4)28-23(30)13-9-8-10-18(3)29(22-16-19(26)14-15-21(22)27)35(32,33)20-11-6-5-7-12-20/h5-7,11-12,14-18,24H,8-10,13H2,1-4H3,(H,28,30). The fraction of sp³-hybridized carbons (Fsp3) is 0.440. The summed E-state index contributed by atoms with van der Waals surface area (Å²) in [6.07, 6.45) is 1.49. The van der Waals surface area contributed by atoms with Crippen LogP contribution < -0.4 is 9.62 Å². The molecule has 0 aromatic heterocycles. The maximum Gasteiger partial charge on any atom is 0.328 e. The molecule has 192 valence electrons. The van der Waals surface area contributed by atoms with Gasteiger partial charge in [-0.05, 0) is 56.0 Å². The highest BCUT2D eigenvalue weighted by Gasteiger charge is 2.31. The quantitative estimate of drug-likeness (QED) is 0.312. The first-order valence-corrected chi connectivity index (χ1v) is 13.2. The van der Waals surface area contributed by atoms with Crippen LogP contribution in [0.15, 0.2) is 53.4 Å². The summed E-state index contributed by atoms with van der Waals surface area (Å²) in [4.78, 5) is 24.2. The van der Waals surface area contributed by atoms with Crippen LogP contribution >= 0.6 is 11.6 Å². The third kappa shape index (κ3) is 7.67. The molecule has 0 aliphatic heterocycles. The van der Waals surface area contributed by atoms with E-state index in [2.05, 4.69) is 5.32 Å². The second-order valence-corrected chi connectivity index (χ2v) is 10.9. The first-order valence-electron chi connectivity index (χ1n) is 11.4. The number of rotatable bonds is 12. The zero-order chi connectivity index (χ0) is 26.2. The Balaban J connectivity index is 2.13. The molecule has 2 unspecified atom stereocenters. The van der Waals surface area contributed by atoms with Crippen LogP contribution in [0.2, 0.25) is 5.02 Å². The Morgan fingerprint density at radius 3 is 2.34 bits per heavy atom. The molecule has 2 atom stereocenters. The fourth-order valence-electron chi connectivity index (χ4n) is 3.68. The number of nitrogens with zero attached hydrogens (tertiary/aromatic N) is 1. The van der Waals surface area contributed by atoms with E-state index in [9.17, 15) is 22.4 Å². The first kappa shape index (κ1) is 28.6. The van der Waals surface area contributed by atoms with Gasteiger partial charge in [-0.1, -0.05) is 50.1 Å². The summed E-state index contributed by atoms with van der Waals surface area (Å²) < 4.78 is 47.5. The van der Waals surface area contributed by atoms with Crippen LogP contribution in [0.1, 0.15) is 46.5 Å². The van der Waals surface area contributed by atoms with E-state index in [4.69, 9.17) is 16.3 Å². The highest BCUT2D eigenvalue weighted by molar-refractivity contribution is 7.92. The number of methoxy groups -OCH3 is 1. The molecule has 10 heteroatoms.